The van der Waals surface area contributed by atoms with Crippen LogP contribution in [-0.2, 0) is 0 Å². The first-order valence-electron chi connectivity index (χ1n) is 24.8. The maximum atomic E-state index is 13.9. The first kappa shape index (κ1) is 52.2. The van der Waals surface area contributed by atoms with Crippen LogP contribution in [0, 0.1) is 23.7 Å². The number of carbonyl (C=O) groups is 2. The van der Waals surface area contributed by atoms with E-state index in [1.54, 1.807) is 68.0 Å². The van der Waals surface area contributed by atoms with Crippen molar-refractivity contribution in [1.29, 1.82) is 0 Å². The molecule has 0 fully saturated rings. The lowest BCUT2D eigenvalue weighted by molar-refractivity contribution is 0.0905. The van der Waals surface area contributed by atoms with Gasteiger partial charge in [-0.15, -0.1) is 68.0 Å². The molecule has 4 nitrogen and oxygen atoms in total. The smallest absolute Gasteiger partial charge is 0.175 e. The Labute approximate surface area is 434 Å². The molecule has 0 spiro atoms. The van der Waals surface area contributed by atoms with Crippen LogP contribution in [0.2, 0.25) is 0 Å². The molecule has 4 atom stereocenters. The number of unbranched alkanes of at least 4 members (excludes halogenated alkanes) is 4. The lowest BCUT2D eigenvalue weighted by Gasteiger charge is -2.19. The Morgan fingerprint density at radius 3 is 1.20 bits per heavy atom. The molecule has 7 rings (SSSR count). The molecule has 12 heteroatoms. The van der Waals surface area contributed by atoms with Gasteiger partial charge in [-0.2, -0.15) is 0 Å². The first-order valence-corrected chi connectivity index (χ1v) is 31.3. The maximum Gasteiger partial charge on any atom is 0.175 e. The van der Waals surface area contributed by atoms with Crippen molar-refractivity contribution in [3.05, 3.63) is 41.6 Å². The molecule has 0 aliphatic rings. The van der Waals surface area contributed by atoms with Gasteiger partial charge in [-0.05, 0) is 106 Å². The van der Waals surface area contributed by atoms with Gasteiger partial charge < -0.3 is 9.47 Å². The standard InChI is InChI=1S/C54H68Br2O4S6/c1-9-17-21-31(13-5)29-59-45-35-25-41(51-49-37(53(55)65-51)27-39(61-49)43(57)33(15-7)23-19-11-3)64-48(35)46(60-30-32(14-6)22-18-10-2)36-26-42(63-47(36)45)52-50-38(54(56)66-52)28-40(62-50)44(58)34(16-8)24-20-12-4/h25-28,31-34H,9-24,29-30H2,1-8H3. The summed E-state index contributed by atoms with van der Waals surface area (Å²) in [6.45, 7) is 19.2. The molecule has 0 saturated heterocycles. The predicted octanol–water partition coefficient (Wildman–Crippen LogP) is 21.5. The van der Waals surface area contributed by atoms with E-state index in [9.17, 15) is 9.59 Å². The van der Waals surface area contributed by atoms with Gasteiger partial charge in [-0.1, -0.05) is 120 Å². The number of halogens is 2. The Kier molecular flexibility index (Phi) is 19.3. The minimum Gasteiger partial charge on any atom is -0.491 e. The van der Waals surface area contributed by atoms with Crippen LogP contribution in [0.4, 0.5) is 0 Å². The van der Waals surface area contributed by atoms with Crippen LogP contribution >= 0.6 is 99.9 Å². The highest BCUT2D eigenvalue weighted by molar-refractivity contribution is 9.11. The molecule has 4 unspecified atom stereocenters. The van der Waals surface area contributed by atoms with Crippen molar-refractivity contribution >= 4 is 152 Å². The molecule has 6 heterocycles. The average Bonchev–Trinajstić information content (AvgIpc) is 4.19. The van der Waals surface area contributed by atoms with Crippen LogP contribution in [-0.4, -0.2) is 24.8 Å². The summed E-state index contributed by atoms with van der Waals surface area (Å²) in [5.41, 5.74) is 0. The molecular weight excluding hydrogens is 1060 g/mol. The summed E-state index contributed by atoms with van der Waals surface area (Å²) in [5.74, 6) is 3.52. The highest BCUT2D eigenvalue weighted by atomic mass is 79.9. The van der Waals surface area contributed by atoms with Gasteiger partial charge in [0, 0.05) is 43.1 Å². The summed E-state index contributed by atoms with van der Waals surface area (Å²) in [4.78, 5) is 34.4. The third-order valence-corrected chi connectivity index (χ3v) is 22.6. The Morgan fingerprint density at radius 2 is 0.848 bits per heavy atom. The second-order valence-corrected chi connectivity index (χ2v) is 27.0. The fourth-order valence-corrected chi connectivity index (χ4v) is 18.4. The fraction of sp³-hybridized carbons (Fsp3) is 0.556. The minimum absolute atomic E-state index is 0.0634. The van der Waals surface area contributed by atoms with Crippen molar-refractivity contribution in [2.45, 2.75) is 158 Å². The zero-order chi connectivity index (χ0) is 47.1. The molecule has 0 radical (unpaired) electrons. The number of ether oxygens (including phenoxy) is 2. The van der Waals surface area contributed by atoms with E-state index in [0.29, 0.717) is 25.0 Å². The van der Waals surface area contributed by atoms with Gasteiger partial charge in [0.25, 0.3) is 0 Å². The molecule has 358 valence electrons. The normalized spacial score (nSPS) is 14.0. The second kappa shape index (κ2) is 24.5. The molecule has 66 heavy (non-hydrogen) atoms. The van der Waals surface area contributed by atoms with Crippen LogP contribution in [0.5, 0.6) is 11.5 Å². The van der Waals surface area contributed by atoms with Gasteiger partial charge in [0.2, 0.25) is 0 Å². The number of fused-ring (bicyclic) bond motifs is 4. The number of carbonyl (C=O) groups excluding carboxylic acids is 2. The van der Waals surface area contributed by atoms with Crippen LogP contribution < -0.4 is 9.47 Å². The lowest BCUT2D eigenvalue weighted by Crippen LogP contribution is -2.12. The highest BCUT2D eigenvalue weighted by Gasteiger charge is 2.29. The zero-order valence-electron chi connectivity index (χ0n) is 40.2. The number of ketones is 2. The highest BCUT2D eigenvalue weighted by Crippen LogP contribution is 2.57. The molecule has 0 saturated carbocycles. The topological polar surface area (TPSA) is 52.6 Å². The Morgan fingerprint density at radius 1 is 0.470 bits per heavy atom. The first-order chi connectivity index (χ1) is 32.0. The van der Waals surface area contributed by atoms with Gasteiger partial charge in [0.15, 0.2) is 11.6 Å². The van der Waals surface area contributed by atoms with E-state index in [2.05, 4.69) is 112 Å². The van der Waals surface area contributed by atoms with Crippen molar-refractivity contribution in [3.63, 3.8) is 0 Å². The van der Waals surface area contributed by atoms with E-state index >= 15 is 0 Å². The maximum absolute atomic E-state index is 13.9. The Bertz CT molecular complexity index is 2490. The van der Waals surface area contributed by atoms with Gasteiger partial charge in [0.1, 0.15) is 11.5 Å². The third-order valence-electron chi connectivity index (χ3n) is 13.5. The van der Waals surface area contributed by atoms with Crippen LogP contribution in [0.15, 0.2) is 31.8 Å². The molecule has 0 amide bonds. The van der Waals surface area contributed by atoms with Crippen LogP contribution in [0.1, 0.15) is 177 Å². The Hall–Kier alpha value is -1.64. The summed E-state index contributed by atoms with van der Waals surface area (Å²) < 4.78 is 21.1. The SMILES string of the molecule is CCCCC(CC)COc1c2cc(-c3sc(Br)c4cc(C(=O)C(CC)CCCC)sc34)sc2c(OCC(CC)CCCC)c2cc(-c3sc(Br)c4cc(C(=O)C(CC)CCCC)sc34)sc12. The number of hydrogen-bond acceptors (Lipinski definition) is 10. The van der Waals surface area contributed by atoms with Gasteiger partial charge >= 0.3 is 0 Å². The largest absolute Gasteiger partial charge is 0.491 e. The minimum atomic E-state index is 0.0634. The number of rotatable bonds is 28. The molecule has 1 aromatic carbocycles. The fourth-order valence-electron chi connectivity index (χ4n) is 9.12. The lowest BCUT2D eigenvalue weighted by atomic mass is 9.94. The van der Waals surface area contributed by atoms with Crippen molar-refractivity contribution < 1.29 is 19.1 Å². The predicted molar refractivity (Wildman–Crippen MR) is 303 cm³/mol. The molecule has 0 bridgehead atoms. The number of thiophene rings is 6. The van der Waals surface area contributed by atoms with Crippen molar-refractivity contribution in [1.82, 2.24) is 0 Å². The van der Waals surface area contributed by atoms with E-state index in [-0.39, 0.29) is 23.4 Å². The zero-order valence-corrected chi connectivity index (χ0v) is 48.3. The summed E-state index contributed by atoms with van der Waals surface area (Å²) in [5, 5.41) is 4.47. The van der Waals surface area contributed by atoms with Gasteiger partial charge in [-0.25, -0.2) is 0 Å². The van der Waals surface area contributed by atoms with E-state index in [4.69, 9.17) is 9.47 Å². The Balaban J connectivity index is 1.41. The van der Waals surface area contributed by atoms with E-state index in [1.807, 2.05) is 0 Å². The molecule has 0 N–H and O–H groups in total. The summed E-state index contributed by atoms with van der Waals surface area (Å²) in [7, 11) is 0. The monoisotopic (exact) mass is 1130 g/mol. The van der Waals surface area contributed by atoms with Crippen LogP contribution in [0.3, 0.4) is 0 Å². The summed E-state index contributed by atoms with van der Waals surface area (Å²) >= 11 is 18.4. The molecule has 6 aromatic heterocycles. The molecular formula is C54H68Br2O4S6. The number of benzene rings is 1. The van der Waals surface area contributed by atoms with E-state index < -0.39 is 0 Å². The third kappa shape index (κ3) is 11.3. The molecule has 7 aromatic rings. The van der Waals surface area contributed by atoms with Gasteiger partial charge in [0.05, 0.1) is 59.1 Å². The summed E-state index contributed by atoms with van der Waals surface area (Å²) in [6.07, 6.45) is 17.2. The van der Waals surface area contributed by atoms with Crippen LogP contribution in [0.25, 0.3) is 59.9 Å². The summed E-state index contributed by atoms with van der Waals surface area (Å²) in [6, 6.07) is 8.99. The second-order valence-electron chi connectivity index (χ2n) is 18.2. The quantitative estimate of drug-likeness (QED) is 0.0459. The van der Waals surface area contributed by atoms with Crippen molar-refractivity contribution in [2.75, 3.05) is 13.2 Å². The average molecular weight is 1130 g/mol. The number of hydrogen-bond donors (Lipinski definition) is 0. The molecule has 0 aliphatic carbocycles. The van der Waals surface area contributed by atoms with Crippen molar-refractivity contribution in [2.24, 2.45) is 23.7 Å². The molecule has 0 aliphatic heterocycles. The van der Waals surface area contributed by atoms with Crippen molar-refractivity contribution in [3.8, 4) is 31.0 Å². The van der Waals surface area contributed by atoms with E-state index in [1.165, 1.54) is 54.6 Å². The number of Topliss-reactive ketones (excluding diaryl/α,β-unsaturated/α-hetero) is 2. The van der Waals surface area contributed by atoms with E-state index in [0.717, 1.165) is 137 Å². The van der Waals surface area contributed by atoms with Gasteiger partial charge in [-0.3, -0.25) is 9.59 Å².